The zero-order chi connectivity index (χ0) is 11.7. The number of anilines is 1. The van der Waals surface area contributed by atoms with Gasteiger partial charge >= 0.3 is 0 Å². The molecular weight excluding hydrogens is 200 g/mol. The van der Waals surface area contributed by atoms with Crippen LogP contribution < -0.4 is 4.90 Å². The molecule has 2 rings (SSSR count). The van der Waals surface area contributed by atoms with Crippen molar-refractivity contribution in [1.29, 1.82) is 0 Å². The maximum Gasteiger partial charge on any atom is 0.228 e. The normalized spacial score (nSPS) is 19.9. The van der Waals surface area contributed by atoms with Gasteiger partial charge in [-0.2, -0.15) is 0 Å². The average molecular weight is 214 g/mol. The molecule has 0 aromatic carbocycles. The van der Waals surface area contributed by atoms with Crippen molar-refractivity contribution >= 4 is 11.6 Å². The quantitative estimate of drug-likeness (QED) is 0.666. The molecule has 0 spiro atoms. The third-order valence-electron chi connectivity index (χ3n) is 3.08. The van der Waals surface area contributed by atoms with Gasteiger partial charge in [-0.25, -0.2) is 0 Å². The highest BCUT2D eigenvalue weighted by Gasteiger charge is 2.30. The Morgan fingerprint density at radius 1 is 1.56 bits per heavy atom. The molecule has 1 aromatic rings. The summed E-state index contributed by atoms with van der Waals surface area (Å²) in [5.74, 6) is 2.80. The largest absolute Gasteiger partial charge is 0.311 e. The van der Waals surface area contributed by atoms with Crippen molar-refractivity contribution in [2.75, 3.05) is 11.4 Å². The van der Waals surface area contributed by atoms with E-state index in [9.17, 15) is 4.79 Å². The summed E-state index contributed by atoms with van der Waals surface area (Å²) in [7, 11) is 0. The number of terminal acetylenes is 1. The lowest BCUT2D eigenvalue weighted by Crippen LogP contribution is -2.25. The topological polar surface area (TPSA) is 33.2 Å². The first-order chi connectivity index (χ1) is 7.63. The number of hydrogen-bond donors (Lipinski definition) is 0. The molecule has 1 aliphatic rings. The second-order valence-corrected chi connectivity index (χ2v) is 4.11. The number of hydrogen-bond acceptors (Lipinski definition) is 2. The number of rotatable bonds is 1. The monoisotopic (exact) mass is 214 g/mol. The van der Waals surface area contributed by atoms with Crippen LogP contribution in [0.4, 0.5) is 5.69 Å². The van der Waals surface area contributed by atoms with Gasteiger partial charge in [0, 0.05) is 36.5 Å². The lowest BCUT2D eigenvalue weighted by molar-refractivity contribution is -0.117. The second-order valence-electron chi connectivity index (χ2n) is 4.11. The third kappa shape index (κ3) is 1.67. The number of pyridine rings is 1. The van der Waals surface area contributed by atoms with E-state index >= 15 is 0 Å². The molecule has 0 bridgehead atoms. The van der Waals surface area contributed by atoms with E-state index in [1.54, 1.807) is 11.1 Å². The lowest BCUT2D eigenvalue weighted by atomic mass is 10.1. The van der Waals surface area contributed by atoms with E-state index in [2.05, 4.69) is 10.9 Å². The maximum absolute atomic E-state index is 11.8. The van der Waals surface area contributed by atoms with Gasteiger partial charge < -0.3 is 4.90 Å². The van der Waals surface area contributed by atoms with Crippen LogP contribution in [0.15, 0.2) is 12.3 Å². The average Bonchev–Trinajstić information content (AvgIpc) is 2.64. The number of nitrogens with zero attached hydrogens (tertiary/aromatic N) is 2. The molecule has 1 unspecified atom stereocenters. The summed E-state index contributed by atoms with van der Waals surface area (Å²) in [6, 6.07) is 1.87. The zero-order valence-electron chi connectivity index (χ0n) is 9.53. The second kappa shape index (κ2) is 3.97. The van der Waals surface area contributed by atoms with E-state index in [0.717, 1.165) is 16.9 Å². The van der Waals surface area contributed by atoms with Crippen LogP contribution in [0.3, 0.4) is 0 Å². The van der Waals surface area contributed by atoms with E-state index in [4.69, 9.17) is 6.42 Å². The number of aryl methyl sites for hydroxylation is 1. The Balaban J connectivity index is 2.36. The van der Waals surface area contributed by atoms with E-state index in [0.29, 0.717) is 13.0 Å². The maximum atomic E-state index is 11.8. The molecule has 0 radical (unpaired) electrons. The van der Waals surface area contributed by atoms with Gasteiger partial charge in [-0.15, -0.1) is 12.3 Å². The molecule has 3 heteroatoms. The van der Waals surface area contributed by atoms with E-state index in [1.165, 1.54) is 0 Å². The number of amides is 1. The molecule has 2 heterocycles. The van der Waals surface area contributed by atoms with Crippen LogP contribution in [0.1, 0.15) is 17.7 Å². The third-order valence-corrected chi connectivity index (χ3v) is 3.08. The summed E-state index contributed by atoms with van der Waals surface area (Å²) < 4.78 is 0. The first-order valence-electron chi connectivity index (χ1n) is 5.32. The smallest absolute Gasteiger partial charge is 0.228 e. The standard InChI is InChI=1S/C13H14N2O/c1-4-11-7-13(16)15(8-11)12-5-6-14-10(3)9(12)2/h1,5-6,11H,7-8H2,2-3H3. The molecule has 0 saturated carbocycles. The van der Waals surface area contributed by atoms with Crippen molar-refractivity contribution in [2.24, 2.45) is 5.92 Å². The minimum atomic E-state index is 0.0420. The Morgan fingerprint density at radius 3 is 2.94 bits per heavy atom. The Kier molecular flexibility index (Phi) is 2.66. The fraction of sp³-hybridized carbons (Fsp3) is 0.385. The molecule has 1 saturated heterocycles. The van der Waals surface area contributed by atoms with Gasteiger partial charge in [-0.05, 0) is 25.5 Å². The molecule has 16 heavy (non-hydrogen) atoms. The Labute approximate surface area is 95.5 Å². The highest BCUT2D eigenvalue weighted by Crippen LogP contribution is 2.28. The summed E-state index contributed by atoms with van der Waals surface area (Å²) in [5.41, 5.74) is 2.94. The van der Waals surface area contributed by atoms with Crippen LogP contribution in [-0.4, -0.2) is 17.4 Å². The summed E-state index contributed by atoms with van der Waals surface area (Å²) >= 11 is 0. The van der Waals surface area contributed by atoms with Crippen molar-refractivity contribution in [3.8, 4) is 12.3 Å². The molecule has 1 aliphatic heterocycles. The van der Waals surface area contributed by atoms with E-state index in [-0.39, 0.29) is 11.8 Å². The van der Waals surface area contributed by atoms with Gasteiger partial charge in [0.2, 0.25) is 5.91 Å². The van der Waals surface area contributed by atoms with Gasteiger partial charge in [0.05, 0.1) is 0 Å². The highest BCUT2D eigenvalue weighted by atomic mass is 16.2. The first kappa shape index (κ1) is 10.7. The van der Waals surface area contributed by atoms with E-state index in [1.807, 2.05) is 19.9 Å². The fourth-order valence-electron chi connectivity index (χ4n) is 1.97. The van der Waals surface area contributed by atoms with Gasteiger partial charge in [0.1, 0.15) is 0 Å². The minimum Gasteiger partial charge on any atom is -0.311 e. The Morgan fingerprint density at radius 2 is 2.31 bits per heavy atom. The van der Waals surface area contributed by atoms with Crippen LogP contribution in [0.2, 0.25) is 0 Å². The van der Waals surface area contributed by atoms with Crippen molar-refractivity contribution in [3.63, 3.8) is 0 Å². The van der Waals surface area contributed by atoms with Gasteiger partial charge in [-0.1, -0.05) is 0 Å². The molecular formula is C13H14N2O. The number of aromatic nitrogens is 1. The summed E-state index contributed by atoms with van der Waals surface area (Å²) in [5, 5.41) is 0. The highest BCUT2D eigenvalue weighted by molar-refractivity contribution is 5.96. The van der Waals surface area contributed by atoms with Gasteiger partial charge in [0.15, 0.2) is 0 Å². The molecule has 1 amide bonds. The molecule has 1 atom stereocenters. The summed E-state index contributed by atoms with van der Waals surface area (Å²) in [6.45, 7) is 4.55. The minimum absolute atomic E-state index is 0.0420. The lowest BCUT2D eigenvalue weighted by Gasteiger charge is -2.19. The van der Waals surface area contributed by atoms with Crippen molar-refractivity contribution in [3.05, 3.63) is 23.5 Å². The predicted octanol–water partition coefficient (Wildman–Crippen LogP) is 1.68. The van der Waals surface area contributed by atoms with Crippen LogP contribution in [-0.2, 0) is 4.79 Å². The van der Waals surface area contributed by atoms with Crippen LogP contribution >= 0.6 is 0 Å². The molecule has 0 N–H and O–H groups in total. The number of carbonyl (C=O) groups excluding carboxylic acids is 1. The van der Waals surface area contributed by atoms with Crippen LogP contribution in [0.25, 0.3) is 0 Å². The molecule has 3 nitrogen and oxygen atoms in total. The van der Waals surface area contributed by atoms with Gasteiger partial charge in [-0.3, -0.25) is 9.78 Å². The van der Waals surface area contributed by atoms with Crippen molar-refractivity contribution < 1.29 is 4.79 Å². The Hall–Kier alpha value is -1.82. The van der Waals surface area contributed by atoms with Crippen molar-refractivity contribution in [2.45, 2.75) is 20.3 Å². The van der Waals surface area contributed by atoms with Crippen LogP contribution in [0, 0.1) is 32.1 Å². The summed E-state index contributed by atoms with van der Waals surface area (Å²) in [6.07, 6.45) is 7.55. The van der Waals surface area contributed by atoms with Crippen molar-refractivity contribution in [1.82, 2.24) is 4.98 Å². The summed E-state index contributed by atoms with van der Waals surface area (Å²) in [4.78, 5) is 17.8. The molecule has 1 fully saturated rings. The zero-order valence-corrected chi connectivity index (χ0v) is 9.53. The van der Waals surface area contributed by atoms with Crippen LogP contribution in [0.5, 0.6) is 0 Å². The molecule has 82 valence electrons. The first-order valence-corrected chi connectivity index (χ1v) is 5.32. The molecule has 0 aliphatic carbocycles. The molecule has 1 aromatic heterocycles. The fourth-order valence-corrected chi connectivity index (χ4v) is 1.97. The SMILES string of the molecule is C#CC1CC(=O)N(c2ccnc(C)c2C)C1. The Bertz CT molecular complexity index is 473. The van der Waals surface area contributed by atoms with E-state index < -0.39 is 0 Å². The predicted molar refractivity (Wildman–Crippen MR) is 63.0 cm³/mol. The van der Waals surface area contributed by atoms with Gasteiger partial charge in [0.25, 0.3) is 0 Å². The number of carbonyl (C=O) groups is 1.